The van der Waals surface area contributed by atoms with E-state index in [1.54, 1.807) is 0 Å². The van der Waals surface area contributed by atoms with Crippen LogP contribution in [0.4, 0.5) is 0 Å². The van der Waals surface area contributed by atoms with Crippen molar-refractivity contribution in [1.82, 2.24) is 0 Å². The molecule has 4 rings (SSSR count). The number of carbonyl (C=O) groups is 4. The molecule has 0 fully saturated rings. The first kappa shape index (κ1) is 37.1. The Hall–Kier alpha value is -6.20. The van der Waals surface area contributed by atoms with Crippen LogP contribution in [-0.2, 0) is 31.9 Å². The van der Waals surface area contributed by atoms with Gasteiger partial charge in [-0.1, -0.05) is 45.5 Å². The molecule has 0 amide bonds. The van der Waals surface area contributed by atoms with E-state index < -0.39 is 106 Å². The molecule has 0 bridgehead atoms. The topological polar surface area (TPSA) is 334 Å². The molecule has 4 aromatic carbocycles. The molecule has 0 aliphatic rings. The Balaban J connectivity index is 0.000000889. The number of nitrogens with two attached hydrogens (primary N) is 4. The highest BCUT2D eigenvalue weighted by molar-refractivity contribution is 5.83. The Labute approximate surface area is 358 Å². The van der Waals surface area contributed by atoms with E-state index in [1.165, 1.54) is 38.1 Å². The van der Waals surface area contributed by atoms with Crippen LogP contribution in [0.15, 0.2) is 72.8 Å². The highest BCUT2D eigenvalue weighted by Crippen LogP contribution is 2.31. The average Bonchev–Trinajstić information content (AvgIpc) is 3.21. The van der Waals surface area contributed by atoms with Gasteiger partial charge >= 0.3 is 0 Å². The number of ketones is 4. The normalized spacial score (nSPS) is 19.5. The van der Waals surface area contributed by atoms with Crippen molar-refractivity contribution in [3.8, 4) is 46.0 Å². The van der Waals surface area contributed by atoms with Gasteiger partial charge in [0, 0.05) is 20.0 Å². The van der Waals surface area contributed by atoms with E-state index in [9.17, 15) is 39.6 Å². The Morgan fingerprint density at radius 3 is 0.949 bits per heavy atom. The number of Topliss-reactive ketones (excluding diaryl/α,β-unsaturated/α-hetero) is 4. The fraction of sp³-hybridized carbons (Fsp3) is 0.349. The summed E-state index contributed by atoms with van der Waals surface area (Å²) in [7, 11) is 0. The number of benzene rings is 4. The first-order chi connectivity index (χ1) is 30.4. The van der Waals surface area contributed by atoms with Crippen molar-refractivity contribution in [2.75, 3.05) is 0 Å². The number of carbonyl (C=O) groups excluding carboxylic acids is 4. The fourth-order valence-electron chi connectivity index (χ4n) is 4.04. The minimum Gasteiger partial charge on any atom is -0.504 e. The predicted molar refractivity (Wildman–Crippen MR) is 225 cm³/mol. The van der Waals surface area contributed by atoms with Crippen LogP contribution in [0.5, 0.6) is 46.0 Å². The molecule has 0 aromatic heterocycles. The molecule has 59 heavy (non-hydrogen) atoms. The number of phenolic OH excluding ortho intramolecular Hbond substituents is 8. The minimum absolute atomic E-state index is 0. The second kappa shape index (κ2) is 24.5. The van der Waals surface area contributed by atoms with Gasteiger partial charge in [0.05, 0.1) is 29.6 Å². The molecule has 16 nitrogen and oxygen atoms in total. The zero-order valence-electron chi connectivity index (χ0n) is 42.4. The van der Waals surface area contributed by atoms with E-state index in [2.05, 4.69) is 0 Å². The molecule has 16 heteroatoms. The number of aromatic hydroxyl groups is 8. The van der Waals surface area contributed by atoms with Gasteiger partial charge in [0.15, 0.2) is 46.0 Å². The Kier molecular flexibility index (Phi) is 15.4. The summed E-state index contributed by atoms with van der Waals surface area (Å²) in [4.78, 5) is 44.9. The SMILES string of the molecule is C.[2H]C([2H])(c1ccc(O)c(O)c1)[C@]([2H])(N)C(C)=O.[2H]C([2H])(c1ccc(O)c(O)c1)[C@]([2H])(N)C(C)=O.[2H][C@@](N)(C(C)=O)[C@]([2H])(C)c1ccc(O)c(O)c1.[2H][C@](C)(c1ccc(O)c(O)c1)[C@]([2H])(N)C(C)=O. The zero-order chi connectivity index (χ0) is 53.7. The average molecular weight is 835 g/mol. The maximum absolute atomic E-state index is 11.3. The number of hydrogen-bond acceptors (Lipinski definition) is 16. The van der Waals surface area contributed by atoms with Crippen molar-refractivity contribution in [3.63, 3.8) is 0 Å². The Morgan fingerprint density at radius 2 is 0.729 bits per heavy atom. The highest BCUT2D eigenvalue weighted by Gasteiger charge is 2.21. The third-order valence-electron chi connectivity index (χ3n) is 7.65. The lowest BCUT2D eigenvalue weighted by Crippen LogP contribution is -2.33. The van der Waals surface area contributed by atoms with E-state index in [0.717, 1.165) is 76.2 Å². The van der Waals surface area contributed by atoms with Crippen LogP contribution in [0.1, 0.15) is 96.7 Å². The van der Waals surface area contributed by atoms with Gasteiger partial charge in [0.2, 0.25) is 0 Å². The molecule has 0 heterocycles. The first-order valence-corrected chi connectivity index (χ1v) is 16.7. The summed E-state index contributed by atoms with van der Waals surface area (Å²) in [6.07, 6.45) is -4.96. The molecular formula is C43H60N4O12. The van der Waals surface area contributed by atoms with Crippen molar-refractivity contribution in [1.29, 1.82) is 0 Å². The first-order valence-electron chi connectivity index (χ1n) is 21.7. The van der Waals surface area contributed by atoms with Crippen molar-refractivity contribution >= 4 is 23.1 Å². The molecule has 0 spiro atoms. The van der Waals surface area contributed by atoms with Crippen LogP contribution in [0.2, 0.25) is 0 Å². The smallest absolute Gasteiger partial charge is 0.157 e. The summed E-state index contributed by atoms with van der Waals surface area (Å²) >= 11 is 0. The van der Waals surface area contributed by atoms with Gasteiger partial charge in [-0.25, -0.2) is 0 Å². The highest BCUT2D eigenvalue weighted by atomic mass is 16.3. The van der Waals surface area contributed by atoms with Gasteiger partial charge in [-0.3, -0.25) is 19.2 Å². The molecule has 0 aliphatic carbocycles. The van der Waals surface area contributed by atoms with Gasteiger partial charge in [-0.15, -0.1) is 0 Å². The molecule has 324 valence electrons. The summed E-state index contributed by atoms with van der Waals surface area (Å²) < 4.78 is 77.5. The van der Waals surface area contributed by atoms with Gasteiger partial charge in [-0.2, -0.15) is 0 Å². The lowest BCUT2D eigenvalue weighted by atomic mass is 9.91. The van der Waals surface area contributed by atoms with Gasteiger partial charge in [0.25, 0.3) is 0 Å². The second-order valence-electron chi connectivity index (χ2n) is 12.2. The summed E-state index contributed by atoms with van der Waals surface area (Å²) in [5.74, 6) is -9.85. The van der Waals surface area contributed by atoms with Crippen molar-refractivity contribution in [3.05, 3.63) is 95.1 Å². The van der Waals surface area contributed by atoms with Crippen LogP contribution in [0.25, 0.3) is 0 Å². The monoisotopic (exact) mass is 834 g/mol. The van der Waals surface area contributed by atoms with Crippen LogP contribution in [0, 0.1) is 0 Å². The third-order valence-corrected chi connectivity index (χ3v) is 7.65. The summed E-state index contributed by atoms with van der Waals surface area (Å²) in [5, 5.41) is 73.8. The molecule has 0 aliphatic heterocycles. The molecular weight excluding hydrogens is 764 g/mol. The number of rotatable bonds is 12. The lowest BCUT2D eigenvalue weighted by Gasteiger charge is -2.17. The summed E-state index contributed by atoms with van der Waals surface area (Å²) in [5.41, 5.74) is 21.9. The van der Waals surface area contributed by atoms with Gasteiger partial charge in [-0.05, 0) is 111 Å². The van der Waals surface area contributed by atoms with Crippen molar-refractivity contribution in [2.45, 2.75) is 97.6 Å². The van der Waals surface area contributed by atoms with Crippen LogP contribution < -0.4 is 22.9 Å². The minimum atomic E-state index is -2.48. The van der Waals surface area contributed by atoms with Crippen LogP contribution in [-0.4, -0.2) is 88.1 Å². The second-order valence-corrected chi connectivity index (χ2v) is 12.2. The van der Waals surface area contributed by atoms with Crippen LogP contribution >= 0.6 is 0 Å². The van der Waals surface area contributed by atoms with E-state index >= 15 is 0 Å². The van der Waals surface area contributed by atoms with Gasteiger partial charge in [0.1, 0.15) is 23.1 Å². The maximum Gasteiger partial charge on any atom is 0.157 e. The Bertz CT molecular complexity index is 2180. The molecule has 0 unspecified atom stereocenters. The summed E-state index contributed by atoms with van der Waals surface area (Å²) in [6, 6.07) is 4.48. The maximum atomic E-state index is 11.3. The molecule has 0 saturated carbocycles. The zero-order valence-corrected chi connectivity index (χ0v) is 32.4. The molecule has 4 aromatic rings. The van der Waals surface area contributed by atoms with E-state index in [0.29, 0.717) is 0 Å². The summed E-state index contributed by atoms with van der Waals surface area (Å²) in [6.45, 7) is 6.94. The fourth-order valence-corrected chi connectivity index (χ4v) is 4.04. The van der Waals surface area contributed by atoms with Gasteiger partial charge < -0.3 is 63.8 Å². The molecule has 16 N–H and O–H groups in total. The van der Waals surface area contributed by atoms with E-state index in [-0.39, 0.29) is 41.2 Å². The predicted octanol–water partition coefficient (Wildman–Crippen LogP) is 3.98. The number of hydrogen-bond donors (Lipinski definition) is 12. The molecule has 0 radical (unpaired) electrons. The number of phenols is 8. The molecule has 6 atom stereocenters. The Morgan fingerprint density at radius 1 is 0.475 bits per heavy atom. The quantitative estimate of drug-likeness (QED) is 0.0898. The van der Waals surface area contributed by atoms with E-state index in [4.69, 9.17) is 57.1 Å². The molecule has 0 saturated heterocycles. The van der Waals surface area contributed by atoms with Crippen molar-refractivity contribution < 1.29 is 73.7 Å². The standard InChI is InChI=1S/2C11H15NO3.2C10H13NO3.CH4/c2*1-6(11(12)7(2)13)8-3-4-9(14)10(15)5-8;2*1-6(12)8(11)4-7-2-3-9(13)10(14)5-7;/h2*3-6,11,14-15H,12H2,1-2H3;2*2-3,5,8,13-14H,4,11H2,1H3;1H4/t6-,11+;6-,11-;2*8-;/m1000./s1/i2*6D,11D;2*4D2,8D;. The largest absolute Gasteiger partial charge is 0.504 e. The van der Waals surface area contributed by atoms with Crippen LogP contribution in [0.3, 0.4) is 0 Å². The third kappa shape index (κ3) is 17.5. The lowest BCUT2D eigenvalue weighted by molar-refractivity contribution is -0.119. The van der Waals surface area contributed by atoms with E-state index in [1.807, 2.05) is 0 Å². The van der Waals surface area contributed by atoms with Crippen molar-refractivity contribution in [2.24, 2.45) is 22.9 Å².